The van der Waals surface area contributed by atoms with Crippen LogP contribution in [0.25, 0.3) is 0 Å². The lowest BCUT2D eigenvalue weighted by molar-refractivity contribution is 0.260. The van der Waals surface area contributed by atoms with Crippen LogP contribution in [0.2, 0.25) is 5.02 Å². The highest BCUT2D eigenvalue weighted by atomic mass is 35.5. The maximum Gasteiger partial charge on any atom is 0.244 e. The molecule has 1 aromatic rings. The first-order chi connectivity index (χ1) is 9.89. The number of fused-ring (bicyclic) bond motifs is 1. The number of hydrogen-bond acceptors (Lipinski definition) is 3. The SMILES string of the molecule is Cc1ccc(S(=O)(=O)N2CC3CCCC(N)C3C2)c(Cl)c1.Cl. The molecule has 0 radical (unpaired) electrons. The smallest absolute Gasteiger partial charge is 0.244 e. The molecule has 2 fully saturated rings. The summed E-state index contributed by atoms with van der Waals surface area (Å²) in [7, 11) is -3.52. The molecule has 1 aliphatic carbocycles. The minimum Gasteiger partial charge on any atom is -0.327 e. The van der Waals surface area contributed by atoms with Gasteiger partial charge in [0.1, 0.15) is 4.90 Å². The average molecular weight is 365 g/mol. The van der Waals surface area contributed by atoms with Gasteiger partial charge in [-0.3, -0.25) is 0 Å². The molecule has 1 saturated heterocycles. The summed E-state index contributed by atoms with van der Waals surface area (Å²) >= 11 is 6.14. The average Bonchev–Trinajstić information content (AvgIpc) is 2.84. The van der Waals surface area contributed by atoms with Crippen LogP contribution in [-0.2, 0) is 10.0 Å². The van der Waals surface area contributed by atoms with Crippen molar-refractivity contribution < 1.29 is 8.42 Å². The Morgan fingerprint density at radius 1 is 1.27 bits per heavy atom. The van der Waals surface area contributed by atoms with E-state index in [2.05, 4.69) is 0 Å². The molecular weight excluding hydrogens is 343 g/mol. The molecule has 1 saturated carbocycles. The highest BCUT2D eigenvalue weighted by molar-refractivity contribution is 7.89. The van der Waals surface area contributed by atoms with Gasteiger partial charge in [0.05, 0.1) is 5.02 Å². The molecule has 1 aromatic carbocycles. The Hall–Kier alpha value is -0.330. The second-order valence-corrected chi connectivity index (χ2v) is 8.59. The Balaban J connectivity index is 0.00000176. The van der Waals surface area contributed by atoms with Gasteiger partial charge in [-0.15, -0.1) is 12.4 Å². The van der Waals surface area contributed by atoms with Crippen molar-refractivity contribution in [2.24, 2.45) is 17.6 Å². The molecule has 0 bridgehead atoms. The fourth-order valence-electron chi connectivity index (χ4n) is 3.63. The lowest BCUT2D eigenvalue weighted by Crippen LogP contribution is -2.38. The van der Waals surface area contributed by atoms with Crippen LogP contribution in [0.4, 0.5) is 0 Å². The van der Waals surface area contributed by atoms with Gasteiger partial charge in [-0.25, -0.2) is 8.42 Å². The van der Waals surface area contributed by atoms with Crippen LogP contribution in [0.5, 0.6) is 0 Å². The normalized spacial score (nSPS) is 29.0. The maximum absolute atomic E-state index is 12.8. The van der Waals surface area contributed by atoms with Crippen LogP contribution in [0.15, 0.2) is 23.1 Å². The van der Waals surface area contributed by atoms with Crippen molar-refractivity contribution in [1.82, 2.24) is 4.31 Å². The third-order valence-corrected chi connectivity index (χ3v) is 7.14. The summed E-state index contributed by atoms with van der Waals surface area (Å²) in [6, 6.07) is 5.21. The second-order valence-electron chi connectivity index (χ2n) is 6.27. The molecule has 1 aliphatic heterocycles. The van der Waals surface area contributed by atoms with Crippen LogP contribution in [0.3, 0.4) is 0 Å². The number of rotatable bonds is 2. The standard InChI is InChI=1S/C15H21ClN2O2S.ClH/c1-10-5-6-15(13(16)7-10)21(19,20)18-8-11-3-2-4-14(17)12(11)9-18;/h5-7,11-12,14H,2-4,8-9,17H2,1H3;1H. The molecule has 3 unspecified atom stereocenters. The molecule has 22 heavy (non-hydrogen) atoms. The molecule has 3 rings (SSSR count). The third-order valence-electron chi connectivity index (χ3n) is 4.83. The van der Waals surface area contributed by atoms with Crippen molar-refractivity contribution in [1.29, 1.82) is 0 Å². The molecule has 2 aliphatic rings. The number of benzene rings is 1. The van der Waals surface area contributed by atoms with Gasteiger partial charge < -0.3 is 5.73 Å². The van der Waals surface area contributed by atoms with E-state index in [0.717, 1.165) is 24.8 Å². The van der Waals surface area contributed by atoms with Crippen LogP contribution in [0, 0.1) is 18.8 Å². The van der Waals surface area contributed by atoms with Crippen LogP contribution in [0.1, 0.15) is 24.8 Å². The van der Waals surface area contributed by atoms with Crippen LogP contribution in [-0.4, -0.2) is 31.9 Å². The Morgan fingerprint density at radius 3 is 2.64 bits per heavy atom. The maximum atomic E-state index is 12.8. The molecule has 0 amide bonds. The van der Waals surface area contributed by atoms with E-state index in [1.807, 2.05) is 6.92 Å². The molecule has 3 atom stereocenters. The first-order valence-corrected chi connectivity index (χ1v) is 9.23. The molecule has 2 N–H and O–H groups in total. The van der Waals surface area contributed by atoms with Gasteiger partial charge >= 0.3 is 0 Å². The van der Waals surface area contributed by atoms with Crippen molar-refractivity contribution >= 4 is 34.0 Å². The molecule has 4 nitrogen and oxygen atoms in total. The van der Waals surface area contributed by atoms with E-state index in [0.29, 0.717) is 24.0 Å². The third kappa shape index (κ3) is 3.15. The molecule has 7 heteroatoms. The van der Waals surface area contributed by atoms with Crippen molar-refractivity contribution in [3.8, 4) is 0 Å². The number of aryl methyl sites for hydroxylation is 1. The number of sulfonamides is 1. The fourth-order valence-corrected chi connectivity index (χ4v) is 5.73. The van der Waals surface area contributed by atoms with Gasteiger partial charge in [0.25, 0.3) is 0 Å². The van der Waals surface area contributed by atoms with Crippen molar-refractivity contribution in [3.63, 3.8) is 0 Å². The van der Waals surface area contributed by atoms with Crippen molar-refractivity contribution in [2.75, 3.05) is 13.1 Å². The zero-order chi connectivity index (χ0) is 15.2. The van der Waals surface area contributed by atoms with Crippen LogP contribution >= 0.6 is 24.0 Å². The summed E-state index contributed by atoms with van der Waals surface area (Å²) in [6.45, 7) is 3.00. The number of nitrogens with two attached hydrogens (primary N) is 1. The monoisotopic (exact) mass is 364 g/mol. The Morgan fingerprint density at radius 2 is 2.00 bits per heavy atom. The van der Waals surface area contributed by atoms with Gasteiger partial charge in [-0.2, -0.15) is 4.31 Å². The first-order valence-electron chi connectivity index (χ1n) is 7.41. The molecule has 0 spiro atoms. The Bertz CT molecular complexity index is 651. The molecular formula is C15H22Cl2N2O2S. The topological polar surface area (TPSA) is 63.4 Å². The van der Waals surface area contributed by atoms with Gasteiger partial charge in [0.15, 0.2) is 0 Å². The van der Waals surface area contributed by atoms with Gasteiger partial charge in [-0.05, 0) is 49.3 Å². The summed E-state index contributed by atoms with van der Waals surface area (Å²) < 4.78 is 27.2. The van der Waals surface area contributed by atoms with E-state index >= 15 is 0 Å². The van der Waals surface area contributed by atoms with E-state index in [4.69, 9.17) is 17.3 Å². The summed E-state index contributed by atoms with van der Waals surface area (Å²) in [5, 5.41) is 0.300. The molecule has 124 valence electrons. The van der Waals surface area contributed by atoms with E-state index < -0.39 is 10.0 Å². The van der Waals surface area contributed by atoms with E-state index in [-0.39, 0.29) is 29.3 Å². The highest BCUT2D eigenvalue weighted by Crippen LogP contribution is 2.38. The molecule has 0 aromatic heterocycles. The summed E-state index contributed by atoms with van der Waals surface area (Å²) in [4.78, 5) is 0.210. The van der Waals surface area contributed by atoms with Gasteiger partial charge in [0, 0.05) is 19.1 Å². The lowest BCUT2D eigenvalue weighted by Gasteiger charge is -2.29. The van der Waals surface area contributed by atoms with Crippen molar-refractivity contribution in [2.45, 2.75) is 37.1 Å². The Labute approximate surface area is 143 Å². The number of halogens is 2. The van der Waals surface area contributed by atoms with Gasteiger partial charge in [-0.1, -0.05) is 24.1 Å². The largest absolute Gasteiger partial charge is 0.327 e. The predicted octanol–water partition coefficient (Wildman–Crippen LogP) is 2.82. The minimum absolute atomic E-state index is 0. The summed E-state index contributed by atoms with van der Waals surface area (Å²) in [6.07, 6.45) is 3.17. The van der Waals surface area contributed by atoms with E-state index in [9.17, 15) is 8.42 Å². The fraction of sp³-hybridized carbons (Fsp3) is 0.600. The first kappa shape index (κ1) is 18.0. The second kappa shape index (κ2) is 6.65. The molecule has 1 heterocycles. The van der Waals surface area contributed by atoms with Crippen molar-refractivity contribution in [3.05, 3.63) is 28.8 Å². The van der Waals surface area contributed by atoms with E-state index in [1.54, 1.807) is 22.5 Å². The predicted molar refractivity (Wildman–Crippen MR) is 91.0 cm³/mol. The minimum atomic E-state index is -3.52. The number of hydrogen-bond donors (Lipinski definition) is 1. The van der Waals surface area contributed by atoms with Gasteiger partial charge in [0.2, 0.25) is 10.0 Å². The zero-order valence-electron chi connectivity index (χ0n) is 12.5. The highest BCUT2D eigenvalue weighted by Gasteiger charge is 2.43. The summed E-state index contributed by atoms with van der Waals surface area (Å²) in [5.74, 6) is 0.686. The zero-order valence-corrected chi connectivity index (χ0v) is 14.9. The Kier molecular flexibility index (Phi) is 5.45. The summed E-state index contributed by atoms with van der Waals surface area (Å²) in [5.41, 5.74) is 7.12. The van der Waals surface area contributed by atoms with Crippen LogP contribution < -0.4 is 5.73 Å². The quantitative estimate of drug-likeness (QED) is 0.877. The number of nitrogens with zero attached hydrogens (tertiary/aromatic N) is 1. The van der Waals surface area contributed by atoms with E-state index in [1.165, 1.54) is 0 Å². The lowest BCUT2D eigenvalue weighted by atomic mass is 9.78.